The molecule has 0 aromatic heterocycles. The molecule has 15 heavy (non-hydrogen) atoms. The number of hydrogen-bond acceptors (Lipinski definition) is 4. The van der Waals surface area contributed by atoms with Gasteiger partial charge in [0.2, 0.25) is 5.91 Å². The molecule has 1 saturated heterocycles. The zero-order valence-corrected chi connectivity index (χ0v) is 9.02. The van der Waals surface area contributed by atoms with Gasteiger partial charge in [-0.3, -0.25) is 9.79 Å². The van der Waals surface area contributed by atoms with Gasteiger partial charge in [0.25, 0.3) is 0 Å². The van der Waals surface area contributed by atoms with Crippen molar-refractivity contribution in [3.05, 3.63) is 12.0 Å². The van der Waals surface area contributed by atoms with Crippen LogP contribution in [0, 0.1) is 0 Å². The average molecular weight is 208 g/mol. The molecule has 0 aromatic carbocycles. The molecule has 1 heterocycles. The van der Waals surface area contributed by atoms with E-state index in [4.69, 9.17) is 0 Å². The molecule has 0 aliphatic carbocycles. The minimum absolute atomic E-state index is 0.119. The Kier molecular flexibility index (Phi) is 4.03. The van der Waals surface area contributed by atoms with Crippen LogP contribution >= 0.6 is 0 Å². The molecule has 0 radical (unpaired) electrons. The predicted octanol–water partition coefficient (Wildman–Crippen LogP) is 0.351. The number of hydrogen-bond donors (Lipinski definition) is 0. The topological polar surface area (TPSA) is 48.3 Å². The standard InChI is InChI=1S/C10H16N4O/c1-9(15)13-4-6-14(7-5-13)10(12-3)8-11-2/h8H,2-7H2,1H3/b10-8+. The SMILES string of the molecule is C=N/C=C(\N=C)N1CCN(C(C)=O)CC1. The van der Waals surface area contributed by atoms with Crippen LogP contribution in [0.2, 0.25) is 0 Å². The van der Waals surface area contributed by atoms with Crippen LogP contribution in [-0.4, -0.2) is 55.3 Å². The van der Waals surface area contributed by atoms with E-state index >= 15 is 0 Å². The summed E-state index contributed by atoms with van der Waals surface area (Å²) in [4.78, 5) is 22.5. The number of piperazine rings is 1. The van der Waals surface area contributed by atoms with Crippen LogP contribution < -0.4 is 0 Å². The largest absolute Gasteiger partial charge is 0.352 e. The highest BCUT2D eigenvalue weighted by Gasteiger charge is 2.19. The monoisotopic (exact) mass is 208 g/mol. The van der Waals surface area contributed by atoms with Crippen molar-refractivity contribution < 1.29 is 4.79 Å². The zero-order valence-electron chi connectivity index (χ0n) is 9.02. The fraction of sp³-hybridized carbons (Fsp3) is 0.500. The molecule has 1 rings (SSSR count). The number of aliphatic imine (C=N–C) groups is 2. The van der Waals surface area contributed by atoms with E-state index in [0.29, 0.717) is 5.82 Å². The number of amides is 1. The average Bonchev–Trinajstić information content (AvgIpc) is 2.26. The second kappa shape index (κ2) is 5.29. The van der Waals surface area contributed by atoms with Crippen LogP contribution in [0.3, 0.4) is 0 Å². The molecule has 5 heteroatoms. The normalized spacial score (nSPS) is 17.5. The first-order valence-corrected chi connectivity index (χ1v) is 4.82. The summed E-state index contributed by atoms with van der Waals surface area (Å²) in [5.74, 6) is 0.835. The van der Waals surface area contributed by atoms with Gasteiger partial charge in [0.05, 0.1) is 6.20 Å². The molecule has 0 aromatic rings. The third-order valence-electron chi connectivity index (χ3n) is 2.42. The molecule has 82 valence electrons. The molecule has 1 aliphatic rings. The summed E-state index contributed by atoms with van der Waals surface area (Å²) in [7, 11) is 0. The van der Waals surface area contributed by atoms with Gasteiger partial charge >= 0.3 is 0 Å². The minimum atomic E-state index is 0.119. The lowest BCUT2D eigenvalue weighted by atomic mass is 10.3. The van der Waals surface area contributed by atoms with Crippen molar-refractivity contribution in [2.45, 2.75) is 6.92 Å². The Balaban J connectivity index is 2.56. The Morgan fingerprint density at radius 3 is 2.13 bits per heavy atom. The lowest BCUT2D eigenvalue weighted by Gasteiger charge is -2.35. The third kappa shape index (κ3) is 2.90. The van der Waals surface area contributed by atoms with Gasteiger partial charge in [0, 0.05) is 33.1 Å². The summed E-state index contributed by atoms with van der Waals surface area (Å²) in [5.41, 5.74) is 0. The summed E-state index contributed by atoms with van der Waals surface area (Å²) in [6, 6.07) is 0. The van der Waals surface area contributed by atoms with Gasteiger partial charge in [-0.2, -0.15) is 0 Å². The second-order valence-corrected chi connectivity index (χ2v) is 3.32. The van der Waals surface area contributed by atoms with Gasteiger partial charge in [-0.15, -0.1) is 0 Å². The first-order chi connectivity index (χ1) is 7.19. The van der Waals surface area contributed by atoms with Gasteiger partial charge in [0.1, 0.15) is 5.82 Å². The first-order valence-electron chi connectivity index (χ1n) is 4.82. The van der Waals surface area contributed by atoms with E-state index in [-0.39, 0.29) is 5.91 Å². The highest BCUT2D eigenvalue weighted by atomic mass is 16.2. The molecule has 1 amide bonds. The molecular weight excluding hydrogens is 192 g/mol. The molecule has 0 atom stereocenters. The van der Waals surface area contributed by atoms with Gasteiger partial charge in [-0.1, -0.05) is 0 Å². The maximum atomic E-state index is 11.1. The Morgan fingerprint density at radius 2 is 1.73 bits per heavy atom. The second-order valence-electron chi connectivity index (χ2n) is 3.32. The van der Waals surface area contributed by atoms with E-state index in [1.165, 1.54) is 0 Å². The quantitative estimate of drug-likeness (QED) is 0.628. The molecule has 0 spiro atoms. The van der Waals surface area contributed by atoms with Gasteiger partial charge < -0.3 is 9.80 Å². The summed E-state index contributed by atoms with van der Waals surface area (Å²) in [6.07, 6.45) is 1.58. The summed E-state index contributed by atoms with van der Waals surface area (Å²) >= 11 is 0. The van der Waals surface area contributed by atoms with Gasteiger partial charge in [-0.25, -0.2) is 4.99 Å². The molecule has 0 saturated carbocycles. The fourth-order valence-corrected chi connectivity index (χ4v) is 1.55. The number of nitrogens with zero attached hydrogens (tertiary/aromatic N) is 4. The Morgan fingerprint density at radius 1 is 1.20 bits per heavy atom. The van der Waals surface area contributed by atoms with E-state index in [1.54, 1.807) is 13.1 Å². The van der Waals surface area contributed by atoms with Crippen molar-refractivity contribution >= 4 is 19.3 Å². The molecule has 0 bridgehead atoms. The fourth-order valence-electron chi connectivity index (χ4n) is 1.55. The van der Waals surface area contributed by atoms with Crippen molar-refractivity contribution in [3.8, 4) is 0 Å². The van der Waals surface area contributed by atoms with Crippen molar-refractivity contribution in [2.75, 3.05) is 26.2 Å². The van der Waals surface area contributed by atoms with E-state index in [9.17, 15) is 4.79 Å². The van der Waals surface area contributed by atoms with Crippen LogP contribution in [0.4, 0.5) is 0 Å². The number of rotatable bonds is 3. The smallest absolute Gasteiger partial charge is 0.219 e. The maximum absolute atomic E-state index is 11.1. The zero-order chi connectivity index (χ0) is 11.3. The minimum Gasteiger partial charge on any atom is -0.352 e. The molecule has 0 N–H and O–H groups in total. The summed E-state index contributed by atoms with van der Waals surface area (Å²) in [5, 5.41) is 0. The lowest BCUT2D eigenvalue weighted by molar-refractivity contribution is -0.130. The van der Waals surface area contributed by atoms with Gasteiger partial charge in [0.15, 0.2) is 0 Å². The number of carbonyl (C=O) groups is 1. The van der Waals surface area contributed by atoms with E-state index in [2.05, 4.69) is 23.4 Å². The van der Waals surface area contributed by atoms with Crippen molar-refractivity contribution in [1.29, 1.82) is 0 Å². The van der Waals surface area contributed by atoms with Crippen LogP contribution in [0.5, 0.6) is 0 Å². The van der Waals surface area contributed by atoms with Crippen molar-refractivity contribution in [2.24, 2.45) is 9.98 Å². The van der Waals surface area contributed by atoms with Crippen molar-refractivity contribution in [3.63, 3.8) is 0 Å². The highest BCUT2D eigenvalue weighted by molar-refractivity contribution is 5.73. The Labute approximate surface area is 89.8 Å². The first kappa shape index (κ1) is 11.4. The van der Waals surface area contributed by atoms with E-state index in [0.717, 1.165) is 26.2 Å². The van der Waals surface area contributed by atoms with Crippen LogP contribution in [0.15, 0.2) is 22.0 Å². The molecule has 1 aliphatic heterocycles. The van der Waals surface area contributed by atoms with Gasteiger partial charge in [-0.05, 0) is 13.4 Å². The van der Waals surface area contributed by atoms with Crippen molar-refractivity contribution in [1.82, 2.24) is 9.80 Å². The van der Waals surface area contributed by atoms with E-state index < -0.39 is 0 Å². The lowest BCUT2D eigenvalue weighted by Crippen LogP contribution is -2.47. The molecule has 5 nitrogen and oxygen atoms in total. The predicted molar refractivity (Wildman–Crippen MR) is 61.0 cm³/mol. The molecule has 1 fully saturated rings. The van der Waals surface area contributed by atoms with E-state index in [1.807, 2.05) is 9.80 Å². The Hall–Kier alpha value is -1.65. The van der Waals surface area contributed by atoms with Crippen LogP contribution in [0.25, 0.3) is 0 Å². The van der Waals surface area contributed by atoms with Crippen LogP contribution in [-0.2, 0) is 4.79 Å². The summed E-state index contributed by atoms with van der Waals surface area (Å²) < 4.78 is 0. The molecular formula is C10H16N4O. The Bertz CT molecular complexity index is 290. The highest BCUT2D eigenvalue weighted by Crippen LogP contribution is 2.10. The number of carbonyl (C=O) groups excluding carboxylic acids is 1. The third-order valence-corrected chi connectivity index (χ3v) is 2.42. The maximum Gasteiger partial charge on any atom is 0.219 e. The van der Waals surface area contributed by atoms with Crippen LogP contribution in [0.1, 0.15) is 6.92 Å². The summed E-state index contributed by atoms with van der Waals surface area (Å²) in [6.45, 7) is 11.4. The molecule has 0 unspecified atom stereocenters.